The van der Waals surface area contributed by atoms with E-state index in [1.807, 2.05) is 0 Å². The second-order valence-electron chi connectivity index (χ2n) is 11.0. The van der Waals surface area contributed by atoms with Crippen LogP contribution in [0.5, 0.6) is 0 Å². The number of hydrogen-bond acceptors (Lipinski definition) is 2. The van der Waals surface area contributed by atoms with Gasteiger partial charge in [-0.25, -0.2) is 0 Å². The molecule has 6 unspecified atom stereocenters. The Morgan fingerprint density at radius 3 is 2.74 bits per heavy atom. The van der Waals surface area contributed by atoms with Crippen molar-refractivity contribution in [2.45, 2.75) is 77.9 Å². The van der Waals surface area contributed by atoms with Gasteiger partial charge in [0.25, 0.3) is 0 Å². The second kappa shape index (κ2) is 7.29. The SMILES string of the molecule is CCCC1CN2c3ccc4cc3N(C3C(=CC(C5=CCCC=C5)CC3C(C)C)C4C)C12. The highest BCUT2D eigenvalue weighted by molar-refractivity contribution is 5.82. The van der Waals surface area contributed by atoms with Gasteiger partial charge in [0.2, 0.25) is 0 Å². The van der Waals surface area contributed by atoms with E-state index < -0.39 is 0 Å². The van der Waals surface area contributed by atoms with Crippen molar-refractivity contribution in [1.29, 1.82) is 0 Å². The summed E-state index contributed by atoms with van der Waals surface area (Å²) in [6.45, 7) is 11.0. The van der Waals surface area contributed by atoms with E-state index in [1.54, 1.807) is 11.1 Å². The molecule has 1 fully saturated rings. The number of allylic oxidation sites excluding steroid dienone is 5. The van der Waals surface area contributed by atoms with E-state index in [4.69, 9.17) is 0 Å². The van der Waals surface area contributed by atoms with Crippen LogP contribution in [0.15, 0.2) is 53.6 Å². The molecule has 3 heterocycles. The molecule has 2 nitrogen and oxygen atoms in total. The molecule has 6 rings (SSSR count). The first kappa shape index (κ1) is 19.7. The maximum atomic E-state index is 2.91. The third kappa shape index (κ3) is 2.82. The van der Waals surface area contributed by atoms with Gasteiger partial charge in [0, 0.05) is 24.3 Å². The van der Waals surface area contributed by atoms with E-state index >= 15 is 0 Å². The minimum absolute atomic E-state index is 0.510. The Morgan fingerprint density at radius 1 is 1.13 bits per heavy atom. The summed E-state index contributed by atoms with van der Waals surface area (Å²) in [5.74, 6) is 3.30. The lowest BCUT2D eigenvalue weighted by molar-refractivity contribution is 0.214. The molecule has 0 amide bonds. The van der Waals surface area contributed by atoms with Crippen molar-refractivity contribution in [1.82, 2.24) is 0 Å². The molecule has 0 saturated carbocycles. The monoisotopic (exact) mass is 414 g/mol. The minimum Gasteiger partial charge on any atom is -0.349 e. The highest BCUT2D eigenvalue weighted by Gasteiger charge is 2.55. The van der Waals surface area contributed by atoms with Gasteiger partial charge < -0.3 is 9.80 Å². The molecule has 164 valence electrons. The molecule has 1 aromatic carbocycles. The predicted octanol–water partition coefficient (Wildman–Crippen LogP) is 7.05. The lowest BCUT2D eigenvalue weighted by Gasteiger charge is -2.54. The van der Waals surface area contributed by atoms with Crippen LogP contribution in [0, 0.1) is 23.7 Å². The number of fused-ring (bicyclic) bond motifs is 6. The van der Waals surface area contributed by atoms with E-state index in [2.05, 4.69) is 80.0 Å². The Bertz CT molecular complexity index is 967. The number of rotatable bonds is 4. The highest BCUT2D eigenvalue weighted by atomic mass is 15.5. The quantitative estimate of drug-likeness (QED) is 0.487. The zero-order valence-electron chi connectivity index (χ0n) is 19.7. The van der Waals surface area contributed by atoms with Crippen molar-refractivity contribution < 1.29 is 0 Å². The molecule has 1 saturated heterocycles. The molecule has 2 aliphatic carbocycles. The largest absolute Gasteiger partial charge is 0.349 e. The fraction of sp³-hybridized carbons (Fsp3) is 0.586. The number of nitrogens with zero attached hydrogens (tertiary/aromatic N) is 2. The summed E-state index contributed by atoms with van der Waals surface area (Å²) >= 11 is 0. The van der Waals surface area contributed by atoms with Gasteiger partial charge in [0.1, 0.15) is 6.17 Å². The molecular formula is C29H38N2. The van der Waals surface area contributed by atoms with Crippen molar-refractivity contribution in [3.05, 3.63) is 59.2 Å². The van der Waals surface area contributed by atoms with E-state index in [0.29, 0.717) is 35.9 Å². The number of anilines is 2. The Morgan fingerprint density at radius 2 is 2.00 bits per heavy atom. The molecule has 0 spiro atoms. The van der Waals surface area contributed by atoms with E-state index in [1.165, 1.54) is 55.6 Å². The predicted molar refractivity (Wildman–Crippen MR) is 132 cm³/mol. The first-order chi connectivity index (χ1) is 15.1. The second-order valence-corrected chi connectivity index (χ2v) is 11.0. The maximum Gasteiger partial charge on any atom is 0.107 e. The zero-order chi connectivity index (χ0) is 21.3. The summed E-state index contributed by atoms with van der Waals surface area (Å²) in [5.41, 5.74) is 7.82. The molecule has 2 heteroatoms. The van der Waals surface area contributed by atoms with Gasteiger partial charge in [-0.05, 0) is 66.4 Å². The summed E-state index contributed by atoms with van der Waals surface area (Å²) in [5, 5.41) is 0. The molecule has 1 aromatic rings. The van der Waals surface area contributed by atoms with Gasteiger partial charge in [-0.3, -0.25) is 0 Å². The van der Waals surface area contributed by atoms with Crippen LogP contribution in [0.1, 0.15) is 71.3 Å². The van der Waals surface area contributed by atoms with Crippen LogP contribution in [0.3, 0.4) is 0 Å². The van der Waals surface area contributed by atoms with Crippen LogP contribution < -0.4 is 9.80 Å². The molecule has 5 aliphatic rings. The lowest BCUT2D eigenvalue weighted by atomic mass is 9.67. The fourth-order valence-electron chi connectivity index (χ4n) is 7.32. The van der Waals surface area contributed by atoms with E-state index in [9.17, 15) is 0 Å². The van der Waals surface area contributed by atoms with Crippen LogP contribution in [0.2, 0.25) is 0 Å². The molecule has 0 radical (unpaired) electrons. The first-order valence-corrected chi connectivity index (χ1v) is 12.9. The molecule has 3 aliphatic heterocycles. The Kier molecular flexibility index (Phi) is 4.63. The Balaban J connectivity index is 1.49. The van der Waals surface area contributed by atoms with Crippen molar-refractivity contribution in [3.63, 3.8) is 0 Å². The van der Waals surface area contributed by atoms with Crippen LogP contribution in [0.25, 0.3) is 0 Å². The molecule has 0 aromatic heterocycles. The summed E-state index contributed by atoms with van der Waals surface area (Å²) in [7, 11) is 0. The number of benzene rings is 1. The van der Waals surface area contributed by atoms with Crippen LogP contribution in [0.4, 0.5) is 11.4 Å². The lowest BCUT2D eigenvalue weighted by Crippen LogP contribution is -2.65. The molecule has 31 heavy (non-hydrogen) atoms. The van der Waals surface area contributed by atoms with Crippen molar-refractivity contribution in [2.75, 3.05) is 16.3 Å². The van der Waals surface area contributed by atoms with Gasteiger partial charge in [-0.1, -0.05) is 64.5 Å². The Labute approximate surface area is 188 Å². The number of hydrogen-bond donors (Lipinski definition) is 0. The third-order valence-corrected chi connectivity index (χ3v) is 8.98. The summed E-state index contributed by atoms with van der Waals surface area (Å²) in [6.07, 6.45) is 17.0. The maximum absolute atomic E-state index is 2.91. The van der Waals surface area contributed by atoms with Crippen molar-refractivity contribution in [2.24, 2.45) is 23.7 Å². The standard InChI is InChI=1S/C29H38N2/c1-5-9-22-17-30-26-13-12-21-16-27(26)31(29(22)30)28-24(18(2)3)14-23(15-25(28)19(21)4)20-10-7-6-8-11-20/h7,10-13,15-16,18-19,22-24,28-29H,5-6,8-9,14,17H2,1-4H3. The smallest absolute Gasteiger partial charge is 0.107 e. The van der Waals surface area contributed by atoms with Crippen LogP contribution >= 0.6 is 0 Å². The van der Waals surface area contributed by atoms with Crippen molar-refractivity contribution in [3.8, 4) is 0 Å². The van der Waals surface area contributed by atoms with Gasteiger partial charge in [-0.2, -0.15) is 0 Å². The average Bonchev–Trinajstić information content (AvgIpc) is 2.99. The van der Waals surface area contributed by atoms with Gasteiger partial charge in [-0.15, -0.1) is 0 Å². The van der Waals surface area contributed by atoms with E-state index in [0.717, 1.165) is 5.92 Å². The highest BCUT2D eigenvalue weighted by Crippen LogP contribution is 2.57. The van der Waals surface area contributed by atoms with Gasteiger partial charge >= 0.3 is 0 Å². The summed E-state index contributed by atoms with van der Waals surface area (Å²) in [4.78, 5) is 5.62. The van der Waals surface area contributed by atoms with Crippen LogP contribution in [-0.4, -0.2) is 18.8 Å². The third-order valence-electron chi connectivity index (χ3n) is 8.98. The topological polar surface area (TPSA) is 6.48 Å². The van der Waals surface area contributed by atoms with Gasteiger partial charge in [0.05, 0.1) is 17.4 Å². The van der Waals surface area contributed by atoms with Crippen LogP contribution in [-0.2, 0) is 0 Å². The normalized spacial score (nSPS) is 35.3. The zero-order valence-corrected chi connectivity index (χ0v) is 19.7. The summed E-state index contributed by atoms with van der Waals surface area (Å²) < 4.78 is 0. The minimum atomic E-state index is 0.510. The Hall–Kier alpha value is -1.96. The average molecular weight is 415 g/mol. The fourth-order valence-corrected chi connectivity index (χ4v) is 7.32. The summed E-state index contributed by atoms with van der Waals surface area (Å²) in [6, 6.07) is 7.95. The molecule has 2 bridgehead atoms. The van der Waals surface area contributed by atoms with E-state index in [-0.39, 0.29) is 0 Å². The van der Waals surface area contributed by atoms with Crippen molar-refractivity contribution >= 4 is 11.4 Å². The molecule has 0 N–H and O–H groups in total. The van der Waals surface area contributed by atoms with Gasteiger partial charge in [0.15, 0.2) is 0 Å². The molecule has 6 atom stereocenters. The first-order valence-electron chi connectivity index (χ1n) is 12.9. The molecular weight excluding hydrogens is 376 g/mol.